The summed E-state index contributed by atoms with van der Waals surface area (Å²) in [5.74, 6) is 0.796. The average Bonchev–Trinajstić information content (AvgIpc) is 2.59. The highest BCUT2D eigenvalue weighted by Crippen LogP contribution is 2.24. The van der Waals surface area contributed by atoms with Crippen molar-refractivity contribution in [3.8, 4) is 11.8 Å². The largest absolute Gasteiger partial charge is 0.426 e. The highest BCUT2D eigenvalue weighted by molar-refractivity contribution is 9.10. The van der Waals surface area contributed by atoms with Gasteiger partial charge in [0, 0.05) is 23.9 Å². The number of aryl methyl sites for hydroxylation is 2. The van der Waals surface area contributed by atoms with E-state index in [2.05, 4.69) is 20.9 Å². The molecule has 15 heavy (non-hydrogen) atoms. The summed E-state index contributed by atoms with van der Waals surface area (Å²) in [5.41, 5.74) is 1.14. The SMILES string of the molecule is Cc1cc(Oc2nccn2C)ccc1Br. The predicted molar refractivity (Wildman–Crippen MR) is 62.2 cm³/mol. The van der Waals surface area contributed by atoms with Crippen molar-refractivity contribution in [3.63, 3.8) is 0 Å². The fraction of sp³-hybridized carbons (Fsp3) is 0.182. The highest BCUT2D eigenvalue weighted by atomic mass is 79.9. The van der Waals surface area contributed by atoms with Crippen LogP contribution in [0.15, 0.2) is 35.1 Å². The number of halogens is 1. The molecule has 0 bridgehead atoms. The molecule has 0 N–H and O–H groups in total. The van der Waals surface area contributed by atoms with Gasteiger partial charge in [0.2, 0.25) is 0 Å². The molecule has 0 aliphatic carbocycles. The van der Waals surface area contributed by atoms with Crippen LogP contribution in [-0.4, -0.2) is 9.55 Å². The first-order valence-corrected chi connectivity index (χ1v) is 5.37. The van der Waals surface area contributed by atoms with Gasteiger partial charge < -0.3 is 9.30 Å². The number of benzene rings is 1. The molecule has 0 saturated carbocycles. The van der Waals surface area contributed by atoms with E-state index >= 15 is 0 Å². The van der Waals surface area contributed by atoms with Gasteiger partial charge in [-0.2, -0.15) is 0 Å². The maximum Gasteiger partial charge on any atom is 0.301 e. The molecule has 0 aliphatic rings. The van der Waals surface area contributed by atoms with E-state index in [1.165, 1.54) is 0 Å². The Labute approximate surface area is 96.8 Å². The van der Waals surface area contributed by atoms with E-state index in [4.69, 9.17) is 4.74 Å². The second kappa shape index (κ2) is 4.06. The number of aromatic nitrogens is 2. The van der Waals surface area contributed by atoms with Crippen LogP contribution in [0.3, 0.4) is 0 Å². The molecule has 4 heteroatoms. The Morgan fingerprint density at radius 2 is 2.20 bits per heavy atom. The molecule has 2 rings (SSSR count). The summed E-state index contributed by atoms with van der Waals surface area (Å²) < 4.78 is 8.53. The molecule has 3 nitrogen and oxygen atoms in total. The van der Waals surface area contributed by atoms with Gasteiger partial charge in [-0.1, -0.05) is 15.9 Å². The summed E-state index contributed by atoms with van der Waals surface area (Å²) in [6.45, 7) is 2.02. The molecule has 78 valence electrons. The van der Waals surface area contributed by atoms with Crippen molar-refractivity contribution in [2.45, 2.75) is 6.92 Å². The zero-order valence-electron chi connectivity index (χ0n) is 8.57. The van der Waals surface area contributed by atoms with Gasteiger partial charge in [-0.15, -0.1) is 0 Å². The van der Waals surface area contributed by atoms with E-state index in [0.29, 0.717) is 6.01 Å². The molecule has 0 atom stereocenters. The third kappa shape index (κ3) is 2.21. The van der Waals surface area contributed by atoms with Crippen LogP contribution in [0.4, 0.5) is 0 Å². The minimum atomic E-state index is 0.594. The number of hydrogen-bond donors (Lipinski definition) is 0. The molecule has 0 spiro atoms. The molecular formula is C11H11BrN2O. The lowest BCUT2D eigenvalue weighted by Crippen LogP contribution is -1.93. The van der Waals surface area contributed by atoms with Gasteiger partial charge in [0.15, 0.2) is 0 Å². The molecule has 2 aromatic rings. The van der Waals surface area contributed by atoms with E-state index in [0.717, 1.165) is 15.8 Å². The first-order chi connectivity index (χ1) is 7.16. The molecule has 0 amide bonds. The van der Waals surface area contributed by atoms with Crippen molar-refractivity contribution >= 4 is 15.9 Å². The average molecular weight is 267 g/mol. The Morgan fingerprint density at radius 1 is 1.40 bits per heavy atom. The minimum absolute atomic E-state index is 0.594. The number of nitrogens with zero attached hydrogens (tertiary/aromatic N) is 2. The standard InChI is InChI=1S/C11H11BrN2O/c1-8-7-9(3-4-10(8)12)15-11-13-5-6-14(11)2/h3-7H,1-2H3. The van der Waals surface area contributed by atoms with Crippen LogP contribution in [0.5, 0.6) is 11.8 Å². The van der Waals surface area contributed by atoms with Gasteiger partial charge in [0.25, 0.3) is 0 Å². The van der Waals surface area contributed by atoms with Gasteiger partial charge in [0.1, 0.15) is 5.75 Å². The fourth-order valence-electron chi connectivity index (χ4n) is 1.24. The van der Waals surface area contributed by atoms with Crippen LogP contribution in [0.25, 0.3) is 0 Å². The lowest BCUT2D eigenvalue weighted by Gasteiger charge is -2.06. The zero-order chi connectivity index (χ0) is 10.8. The van der Waals surface area contributed by atoms with E-state index in [-0.39, 0.29) is 0 Å². The zero-order valence-corrected chi connectivity index (χ0v) is 10.2. The van der Waals surface area contributed by atoms with Crippen LogP contribution < -0.4 is 4.74 Å². The Morgan fingerprint density at radius 3 is 2.80 bits per heavy atom. The van der Waals surface area contributed by atoms with Crippen molar-refractivity contribution in [2.75, 3.05) is 0 Å². The molecule has 1 aromatic carbocycles. The van der Waals surface area contributed by atoms with Crippen molar-refractivity contribution < 1.29 is 4.74 Å². The molecule has 0 unspecified atom stereocenters. The third-order valence-electron chi connectivity index (χ3n) is 2.12. The molecule has 0 saturated heterocycles. The number of rotatable bonds is 2. The predicted octanol–water partition coefficient (Wildman–Crippen LogP) is 3.28. The Balaban J connectivity index is 2.25. The molecule has 0 aliphatic heterocycles. The van der Waals surface area contributed by atoms with Crippen molar-refractivity contribution in [1.29, 1.82) is 0 Å². The van der Waals surface area contributed by atoms with Gasteiger partial charge in [0.05, 0.1) is 0 Å². The van der Waals surface area contributed by atoms with Gasteiger partial charge in [-0.05, 0) is 30.7 Å². The lowest BCUT2D eigenvalue weighted by atomic mass is 10.2. The second-order valence-electron chi connectivity index (χ2n) is 3.33. The number of imidazole rings is 1. The smallest absolute Gasteiger partial charge is 0.301 e. The fourth-order valence-corrected chi connectivity index (χ4v) is 1.48. The summed E-state index contributed by atoms with van der Waals surface area (Å²) in [7, 11) is 1.90. The molecule has 1 aromatic heterocycles. The monoisotopic (exact) mass is 266 g/mol. The lowest BCUT2D eigenvalue weighted by molar-refractivity contribution is 0.424. The second-order valence-corrected chi connectivity index (χ2v) is 4.19. The quantitative estimate of drug-likeness (QED) is 0.834. The van der Waals surface area contributed by atoms with Gasteiger partial charge in [-0.3, -0.25) is 0 Å². The summed E-state index contributed by atoms with van der Waals surface area (Å²) >= 11 is 3.45. The van der Waals surface area contributed by atoms with E-state index in [1.54, 1.807) is 6.20 Å². The van der Waals surface area contributed by atoms with Crippen molar-refractivity contribution in [2.24, 2.45) is 7.05 Å². The summed E-state index contributed by atoms with van der Waals surface area (Å²) in [4.78, 5) is 4.09. The highest BCUT2D eigenvalue weighted by Gasteiger charge is 2.03. The Kier molecular flexibility index (Phi) is 2.77. The number of ether oxygens (including phenoxy) is 1. The van der Waals surface area contributed by atoms with Crippen molar-refractivity contribution in [1.82, 2.24) is 9.55 Å². The van der Waals surface area contributed by atoms with Crippen LogP contribution in [0, 0.1) is 6.92 Å². The summed E-state index contributed by atoms with van der Waals surface area (Å²) in [6, 6.07) is 6.44. The third-order valence-corrected chi connectivity index (χ3v) is 3.01. The Bertz CT molecular complexity index is 479. The maximum absolute atomic E-state index is 5.62. The van der Waals surface area contributed by atoms with Crippen LogP contribution in [0.1, 0.15) is 5.56 Å². The van der Waals surface area contributed by atoms with Gasteiger partial charge >= 0.3 is 6.01 Å². The molecule has 0 radical (unpaired) electrons. The minimum Gasteiger partial charge on any atom is -0.426 e. The summed E-state index contributed by atoms with van der Waals surface area (Å²) in [5, 5.41) is 0. The molecular weight excluding hydrogens is 256 g/mol. The number of hydrogen-bond acceptors (Lipinski definition) is 2. The topological polar surface area (TPSA) is 27.1 Å². The van der Waals surface area contributed by atoms with E-state index in [9.17, 15) is 0 Å². The van der Waals surface area contributed by atoms with Crippen LogP contribution in [0.2, 0.25) is 0 Å². The normalized spacial score (nSPS) is 10.3. The first kappa shape index (κ1) is 10.2. The Hall–Kier alpha value is -1.29. The van der Waals surface area contributed by atoms with Crippen molar-refractivity contribution in [3.05, 3.63) is 40.6 Å². The summed E-state index contributed by atoms with van der Waals surface area (Å²) in [6.07, 6.45) is 3.56. The molecule has 1 heterocycles. The van der Waals surface area contributed by atoms with Crippen LogP contribution in [-0.2, 0) is 7.05 Å². The molecule has 0 fully saturated rings. The van der Waals surface area contributed by atoms with E-state index in [1.807, 2.05) is 42.9 Å². The van der Waals surface area contributed by atoms with E-state index < -0.39 is 0 Å². The van der Waals surface area contributed by atoms with Crippen LogP contribution >= 0.6 is 15.9 Å². The first-order valence-electron chi connectivity index (χ1n) is 4.58. The van der Waals surface area contributed by atoms with Gasteiger partial charge in [-0.25, -0.2) is 4.98 Å². The maximum atomic E-state index is 5.62.